The van der Waals surface area contributed by atoms with Gasteiger partial charge in [-0.15, -0.1) is 0 Å². The molecule has 0 unspecified atom stereocenters. The van der Waals surface area contributed by atoms with Gasteiger partial charge in [0.05, 0.1) is 0 Å². The molecule has 0 aromatic carbocycles. The fourth-order valence-corrected chi connectivity index (χ4v) is 3.13. The highest BCUT2D eigenvalue weighted by Gasteiger charge is 2.44. The molecule has 1 N–H and O–H groups in total. The molecular formula is C11H20N2. The lowest BCUT2D eigenvalue weighted by molar-refractivity contribution is 0.198. The second-order valence-corrected chi connectivity index (χ2v) is 4.99. The van der Waals surface area contributed by atoms with Crippen LogP contribution in [0.25, 0.3) is 0 Å². The molecule has 2 heterocycles. The Morgan fingerprint density at radius 2 is 2.23 bits per heavy atom. The molecule has 2 saturated heterocycles. The van der Waals surface area contributed by atoms with Crippen molar-refractivity contribution in [1.29, 1.82) is 0 Å². The van der Waals surface area contributed by atoms with Crippen LogP contribution in [0.3, 0.4) is 0 Å². The summed E-state index contributed by atoms with van der Waals surface area (Å²) < 4.78 is 0. The first-order chi connectivity index (χ1) is 6.43. The van der Waals surface area contributed by atoms with Gasteiger partial charge in [-0.1, -0.05) is 0 Å². The highest BCUT2D eigenvalue weighted by molar-refractivity contribution is 4.99. The van der Waals surface area contributed by atoms with Crippen molar-refractivity contribution in [2.75, 3.05) is 19.6 Å². The van der Waals surface area contributed by atoms with Crippen LogP contribution in [0.2, 0.25) is 0 Å². The summed E-state index contributed by atoms with van der Waals surface area (Å²) in [5, 5.41) is 3.60. The zero-order valence-corrected chi connectivity index (χ0v) is 8.34. The molecule has 0 bridgehead atoms. The fourth-order valence-electron chi connectivity index (χ4n) is 3.13. The van der Waals surface area contributed by atoms with E-state index in [4.69, 9.17) is 0 Å². The van der Waals surface area contributed by atoms with Crippen molar-refractivity contribution in [2.24, 2.45) is 5.92 Å². The van der Waals surface area contributed by atoms with Gasteiger partial charge in [0.15, 0.2) is 0 Å². The first-order valence-electron chi connectivity index (χ1n) is 5.91. The van der Waals surface area contributed by atoms with Gasteiger partial charge >= 0.3 is 0 Å². The first-order valence-corrected chi connectivity index (χ1v) is 5.91. The van der Waals surface area contributed by atoms with E-state index in [1.54, 1.807) is 0 Å². The standard InChI is InChI=1S/C11H20N2/c1-4-10(12-5-1)8-13-6-2-3-9-7-11(9)13/h9-12H,1-8H2/t9-,10+,11+/m1/s1. The molecule has 3 fully saturated rings. The number of nitrogens with zero attached hydrogens (tertiary/aromatic N) is 1. The average molecular weight is 180 g/mol. The predicted octanol–water partition coefficient (Wildman–Crippen LogP) is 1.22. The van der Waals surface area contributed by atoms with Crippen LogP contribution in [-0.4, -0.2) is 36.6 Å². The Hall–Kier alpha value is -0.0800. The van der Waals surface area contributed by atoms with Crippen molar-refractivity contribution < 1.29 is 0 Å². The number of hydrogen-bond acceptors (Lipinski definition) is 2. The molecule has 3 rings (SSSR count). The number of likely N-dealkylation sites (tertiary alicyclic amines) is 1. The molecule has 2 heteroatoms. The first kappa shape index (κ1) is 8.25. The van der Waals surface area contributed by atoms with Crippen molar-refractivity contribution in [3.63, 3.8) is 0 Å². The average Bonchev–Trinajstić information content (AvgIpc) is 2.77. The second kappa shape index (κ2) is 3.25. The van der Waals surface area contributed by atoms with Crippen LogP contribution in [0, 0.1) is 5.92 Å². The topological polar surface area (TPSA) is 15.3 Å². The molecular weight excluding hydrogens is 160 g/mol. The minimum atomic E-state index is 0.819. The van der Waals surface area contributed by atoms with E-state index in [-0.39, 0.29) is 0 Å². The summed E-state index contributed by atoms with van der Waals surface area (Å²) in [6.07, 6.45) is 7.28. The Balaban J connectivity index is 1.53. The lowest BCUT2D eigenvalue weighted by Crippen LogP contribution is -2.41. The highest BCUT2D eigenvalue weighted by atomic mass is 15.2. The molecule has 0 aromatic heterocycles. The molecule has 0 aromatic rings. The van der Waals surface area contributed by atoms with Gasteiger partial charge in [0.2, 0.25) is 0 Å². The molecule has 74 valence electrons. The van der Waals surface area contributed by atoms with Crippen LogP contribution in [0.4, 0.5) is 0 Å². The predicted molar refractivity (Wildman–Crippen MR) is 53.7 cm³/mol. The van der Waals surface area contributed by atoms with Gasteiger partial charge in [-0.25, -0.2) is 0 Å². The number of piperidine rings is 1. The zero-order valence-electron chi connectivity index (χ0n) is 8.34. The Kier molecular flexibility index (Phi) is 2.06. The van der Waals surface area contributed by atoms with Crippen LogP contribution in [0.15, 0.2) is 0 Å². The smallest absolute Gasteiger partial charge is 0.0195 e. The molecule has 2 nitrogen and oxygen atoms in total. The van der Waals surface area contributed by atoms with E-state index in [1.807, 2.05) is 0 Å². The van der Waals surface area contributed by atoms with Gasteiger partial charge in [-0.3, -0.25) is 4.90 Å². The summed E-state index contributed by atoms with van der Waals surface area (Å²) in [5.41, 5.74) is 0. The van der Waals surface area contributed by atoms with E-state index in [1.165, 1.54) is 51.7 Å². The third kappa shape index (κ3) is 1.62. The maximum absolute atomic E-state index is 3.60. The summed E-state index contributed by atoms with van der Waals surface area (Å²) in [6.45, 7) is 3.97. The minimum Gasteiger partial charge on any atom is -0.313 e. The molecule has 0 spiro atoms. The van der Waals surface area contributed by atoms with Crippen LogP contribution in [0.1, 0.15) is 32.1 Å². The zero-order chi connectivity index (χ0) is 8.67. The van der Waals surface area contributed by atoms with Gasteiger partial charge in [0.25, 0.3) is 0 Å². The number of fused-ring (bicyclic) bond motifs is 1. The third-order valence-electron chi connectivity index (χ3n) is 3.99. The SMILES string of the molecule is C1CN[C@H](CN2CCC[C@@H]3C[C@@H]32)C1. The lowest BCUT2D eigenvalue weighted by atomic mass is 10.1. The van der Waals surface area contributed by atoms with Crippen molar-refractivity contribution in [1.82, 2.24) is 10.2 Å². The number of nitrogens with one attached hydrogen (secondary N) is 1. The number of hydrogen-bond donors (Lipinski definition) is 1. The Morgan fingerprint density at radius 1 is 1.23 bits per heavy atom. The summed E-state index contributed by atoms with van der Waals surface area (Å²) in [6, 6.07) is 1.82. The van der Waals surface area contributed by atoms with E-state index in [0.29, 0.717) is 0 Å². The second-order valence-electron chi connectivity index (χ2n) is 4.99. The van der Waals surface area contributed by atoms with Crippen LogP contribution in [0.5, 0.6) is 0 Å². The van der Waals surface area contributed by atoms with Crippen LogP contribution >= 0.6 is 0 Å². The Morgan fingerprint density at radius 3 is 3.08 bits per heavy atom. The van der Waals surface area contributed by atoms with E-state index in [2.05, 4.69) is 10.2 Å². The summed E-state index contributed by atoms with van der Waals surface area (Å²) in [5.74, 6) is 1.09. The van der Waals surface area contributed by atoms with Gasteiger partial charge in [0, 0.05) is 18.6 Å². The summed E-state index contributed by atoms with van der Waals surface area (Å²) >= 11 is 0. The molecule has 1 aliphatic carbocycles. The molecule has 0 amide bonds. The van der Waals surface area contributed by atoms with Gasteiger partial charge in [-0.05, 0) is 51.1 Å². The minimum absolute atomic E-state index is 0.819. The Bertz CT molecular complexity index is 187. The highest BCUT2D eigenvalue weighted by Crippen LogP contribution is 2.43. The largest absolute Gasteiger partial charge is 0.313 e. The monoisotopic (exact) mass is 180 g/mol. The van der Waals surface area contributed by atoms with Crippen molar-refractivity contribution in [3.05, 3.63) is 0 Å². The quantitative estimate of drug-likeness (QED) is 0.687. The fraction of sp³-hybridized carbons (Fsp3) is 1.00. The lowest BCUT2D eigenvalue weighted by Gasteiger charge is -2.29. The Labute approximate surface area is 80.7 Å². The van der Waals surface area contributed by atoms with E-state index in [9.17, 15) is 0 Å². The summed E-state index contributed by atoms with van der Waals surface area (Å²) in [7, 11) is 0. The molecule has 13 heavy (non-hydrogen) atoms. The third-order valence-corrected chi connectivity index (χ3v) is 3.99. The normalized spacial score (nSPS) is 44.8. The van der Waals surface area contributed by atoms with Gasteiger partial charge < -0.3 is 5.32 Å². The van der Waals surface area contributed by atoms with E-state index in [0.717, 1.165) is 18.0 Å². The van der Waals surface area contributed by atoms with Crippen LogP contribution < -0.4 is 5.32 Å². The molecule has 2 aliphatic heterocycles. The van der Waals surface area contributed by atoms with Crippen LogP contribution in [-0.2, 0) is 0 Å². The van der Waals surface area contributed by atoms with Crippen molar-refractivity contribution in [2.45, 2.75) is 44.2 Å². The molecule has 0 radical (unpaired) electrons. The van der Waals surface area contributed by atoms with Crippen molar-refractivity contribution >= 4 is 0 Å². The molecule has 3 atom stereocenters. The van der Waals surface area contributed by atoms with E-state index >= 15 is 0 Å². The summed E-state index contributed by atoms with van der Waals surface area (Å²) in [4.78, 5) is 2.75. The van der Waals surface area contributed by atoms with Gasteiger partial charge in [-0.2, -0.15) is 0 Å². The molecule has 3 aliphatic rings. The van der Waals surface area contributed by atoms with Gasteiger partial charge in [0.1, 0.15) is 0 Å². The van der Waals surface area contributed by atoms with E-state index < -0.39 is 0 Å². The molecule has 1 saturated carbocycles. The van der Waals surface area contributed by atoms with Crippen molar-refractivity contribution in [3.8, 4) is 0 Å². The number of rotatable bonds is 2. The maximum atomic E-state index is 3.60. The maximum Gasteiger partial charge on any atom is 0.0195 e.